The highest BCUT2D eigenvalue weighted by molar-refractivity contribution is 8.00. The van der Waals surface area contributed by atoms with E-state index in [0.29, 0.717) is 10.7 Å². The maximum absolute atomic E-state index is 3.89. The van der Waals surface area contributed by atoms with E-state index < -0.39 is 0 Å². The molecule has 0 fully saturated rings. The highest BCUT2D eigenvalue weighted by atomic mass is 32.2. The normalized spacial score (nSPS) is 17.1. The summed E-state index contributed by atoms with van der Waals surface area (Å²) >= 11 is 2.03. The Hall–Kier alpha value is 0.0900. The summed E-state index contributed by atoms with van der Waals surface area (Å²) in [7, 11) is 0. The van der Waals surface area contributed by atoms with Gasteiger partial charge in [0.2, 0.25) is 0 Å². The zero-order valence-corrected chi connectivity index (χ0v) is 9.87. The van der Waals surface area contributed by atoms with Gasteiger partial charge in [-0.2, -0.15) is 11.8 Å². The van der Waals surface area contributed by atoms with Crippen LogP contribution in [0.4, 0.5) is 0 Å². The Kier molecular flexibility index (Phi) is 5.00. The van der Waals surface area contributed by atoms with Gasteiger partial charge >= 0.3 is 0 Å². The van der Waals surface area contributed by atoms with Crippen LogP contribution in [-0.4, -0.2) is 10.5 Å². The number of hydrogen-bond acceptors (Lipinski definition) is 1. The summed E-state index contributed by atoms with van der Waals surface area (Å²) in [5, 5.41) is 1.32. The van der Waals surface area contributed by atoms with Crippen LogP contribution in [0.1, 0.15) is 41.0 Å². The van der Waals surface area contributed by atoms with Gasteiger partial charge in [0.15, 0.2) is 0 Å². The van der Waals surface area contributed by atoms with Crippen molar-refractivity contribution in [3.05, 3.63) is 12.7 Å². The molecule has 0 rings (SSSR count). The van der Waals surface area contributed by atoms with Crippen molar-refractivity contribution in [3.8, 4) is 0 Å². The van der Waals surface area contributed by atoms with Crippen molar-refractivity contribution in [1.82, 2.24) is 0 Å². The smallest absolute Gasteiger partial charge is 0.0275 e. The Morgan fingerprint density at radius 2 is 1.92 bits per heavy atom. The molecule has 0 aromatic rings. The summed E-state index contributed by atoms with van der Waals surface area (Å²) in [6.45, 7) is 15.2. The van der Waals surface area contributed by atoms with Crippen LogP contribution >= 0.6 is 11.8 Å². The van der Waals surface area contributed by atoms with Crippen LogP contribution in [0.2, 0.25) is 0 Å². The molecule has 0 radical (unpaired) electrons. The molecule has 2 atom stereocenters. The van der Waals surface area contributed by atoms with E-state index in [1.165, 1.54) is 6.42 Å². The molecule has 1 heteroatoms. The van der Waals surface area contributed by atoms with Crippen LogP contribution in [0, 0.1) is 5.41 Å². The second kappa shape index (κ2) is 4.96. The predicted octanol–water partition coefficient (Wildman–Crippen LogP) is 4.12. The molecule has 0 aliphatic rings. The minimum absolute atomic E-state index is 0.343. The highest BCUT2D eigenvalue weighted by Crippen LogP contribution is 2.34. The van der Waals surface area contributed by atoms with Crippen molar-refractivity contribution in [2.24, 2.45) is 5.41 Å². The molecule has 2 unspecified atom stereocenters. The molecule has 0 saturated heterocycles. The largest absolute Gasteiger partial charge is 0.151 e. The Morgan fingerprint density at radius 3 is 2.17 bits per heavy atom. The minimum Gasteiger partial charge on any atom is -0.151 e. The molecule has 0 aliphatic heterocycles. The van der Waals surface area contributed by atoms with E-state index in [9.17, 15) is 0 Å². The van der Waals surface area contributed by atoms with Gasteiger partial charge in [0.05, 0.1) is 0 Å². The standard InChI is InChI=1S/C11H22S/c1-7-9(3)12-10(8-2)11(4,5)6/h8-10H,2,7H2,1,3-6H3. The fraction of sp³-hybridized carbons (Fsp3) is 0.818. The van der Waals surface area contributed by atoms with Gasteiger partial charge in [-0.3, -0.25) is 0 Å². The summed E-state index contributed by atoms with van der Waals surface area (Å²) in [5.74, 6) is 0. The van der Waals surface area contributed by atoms with E-state index in [1.807, 2.05) is 11.8 Å². The van der Waals surface area contributed by atoms with E-state index in [-0.39, 0.29) is 0 Å². The number of hydrogen-bond donors (Lipinski definition) is 0. The summed E-state index contributed by atoms with van der Waals surface area (Å²) in [6, 6.07) is 0. The van der Waals surface area contributed by atoms with E-state index >= 15 is 0 Å². The summed E-state index contributed by atoms with van der Waals surface area (Å²) in [6.07, 6.45) is 3.32. The first-order chi connectivity index (χ1) is 5.41. The third-order valence-electron chi connectivity index (χ3n) is 2.02. The monoisotopic (exact) mass is 186 g/mol. The van der Waals surface area contributed by atoms with Gasteiger partial charge in [0, 0.05) is 10.5 Å². The highest BCUT2D eigenvalue weighted by Gasteiger charge is 2.23. The first kappa shape index (κ1) is 12.1. The molecular weight excluding hydrogens is 164 g/mol. The van der Waals surface area contributed by atoms with Crippen LogP contribution in [0.5, 0.6) is 0 Å². The van der Waals surface area contributed by atoms with Crippen LogP contribution in [-0.2, 0) is 0 Å². The van der Waals surface area contributed by atoms with Crippen LogP contribution in [0.25, 0.3) is 0 Å². The average Bonchev–Trinajstić information content (AvgIpc) is 1.97. The third kappa shape index (κ3) is 4.20. The van der Waals surface area contributed by atoms with Crippen molar-refractivity contribution in [1.29, 1.82) is 0 Å². The number of thioether (sulfide) groups is 1. The van der Waals surface area contributed by atoms with Gasteiger partial charge in [-0.1, -0.05) is 40.7 Å². The molecule has 0 N–H and O–H groups in total. The van der Waals surface area contributed by atoms with Gasteiger partial charge in [0.25, 0.3) is 0 Å². The predicted molar refractivity (Wildman–Crippen MR) is 60.8 cm³/mol. The molecule has 0 nitrogen and oxygen atoms in total. The van der Waals surface area contributed by atoms with E-state index in [2.05, 4.69) is 47.3 Å². The van der Waals surface area contributed by atoms with E-state index in [4.69, 9.17) is 0 Å². The lowest BCUT2D eigenvalue weighted by Gasteiger charge is -2.29. The van der Waals surface area contributed by atoms with Crippen molar-refractivity contribution in [2.75, 3.05) is 0 Å². The van der Waals surface area contributed by atoms with Gasteiger partial charge in [-0.05, 0) is 11.8 Å². The van der Waals surface area contributed by atoms with Crippen molar-refractivity contribution < 1.29 is 0 Å². The summed E-state index contributed by atoms with van der Waals surface area (Å²) in [4.78, 5) is 0. The lowest BCUT2D eigenvalue weighted by molar-refractivity contribution is 0.432. The SMILES string of the molecule is C=CC(SC(C)CC)C(C)(C)C. The van der Waals surface area contributed by atoms with Crippen molar-refractivity contribution in [2.45, 2.75) is 51.5 Å². The lowest BCUT2D eigenvalue weighted by atomic mass is 9.92. The zero-order chi connectivity index (χ0) is 9.78. The van der Waals surface area contributed by atoms with E-state index in [1.54, 1.807) is 0 Å². The van der Waals surface area contributed by atoms with Crippen molar-refractivity contribution >= 4 is 11.8 Å². The lowest BCUT2D eigenvalue weighted by Crippen LogP contribution is -2.22. The molecular formula is C11H22S. The van der Waals surface area contributed by atoms with Gasteiger partial charge in [0.1, 0.15) is 0 Å². The van der Waals surface area contributed by atoms with Crippen LogP contribution in [0.15, 0.2) is 12.7 Å². The van der Waals surface area contributed by atoms with Crippen LogP contribution < -0.4 is 0 Å². The maximum Gasteiger partial charge on any atom is 0.0275 e. The van der Waals surface area contributed by atoms with Crippen LogP contribution in [0.3, 0.4) is 0 Å². The molecule has 0 heterocycles. The molecule has 0 amide bonds. The Bertz CT molecular complexity index is 132. The summed E-state index contributed by atoms with van der Waals surface area (Å²) in [5.41, 5.74) is 0.343. The summed E-state index contributed by atoms with van der Waals surface area (Å²) < 4.78 is 0. The topological polar surface area (TPSA) is 0 Å². The Labute approximate surface area is 81.8 Å². The fourth-order valence-corrected chi connectivity index (χ4v) is 2.17. The van der Waals surface area contributed by atoms with Crippen molar-refractivity contribution in [3.63, 3.8) is 0 Å². The minimum atomic E-state index is 0.343. The molecule has 0 bridgehead atoms. The van der Waals surface area contributed by atoms with Gasteiger partial charge < -0.3 is 0 Å². The molecule has 72 valence electrons. The first-order valence-corrected chi connectivity index (χ1v) is 5.64. The van der Waals surface area contributed by atoms with E-state index in [0.717, 1.165) is 5.25 Å². The molecule has 12 heavy (non-hydrogen) atoms. The third-order valence-corrected chi connectivity index (χ3v) is 4.01. The average molecular weight is 186 g/mol. The quantitative estimate of drug-likeness (QED) is 0.595. The Morgan fingerprint density at radius 1 is 1.42 bits per heavy atom. The second-order valence-corrected chi connectivity index (χ2v) is 5.96. The molecule has 0 aromatic heterocycles. The molecule has 0 aromatic carbocycles. The first-order valence-electron chi connectivity index (χ1n) is 4.69. The molecule has 0 saturated carbocycles. The Balaban J connectivity index is 4.09. The molecule has 0 spiro atoms. The zero-order valence-electron chi connectivity index (χ0n) is 9.05. The maximum atomic E-state index is 3.89. The molecule has 0 aliphatic carbocycles. The second-order valence-electron chi connectivity index (χ2n) is 4.38. The number of rotatable bonds is 4. The van der Waals surface area contributed by atoms with Gasteiger partial charge in [-0.25, -0.2) is 0 Å². The fourth-order valence-electron chi connectivity index (χ4n) is 0.960. The van der Waals surface area contributed by atoms with Gasteiger partial charge in [-0.15, -0.1) is 6.58 Å².